The van der Waals surface area contributed by atoms with Crippen molar-refractivity contribution in [1.82, 2.24) is 0 Å². The molecule has 0 radical (unpaired) electrons. The first-order valence-electron chi connectivity index (χ1n) is 4.92. The Morgan fingerprint density at radius 1 is 1.62 bits per heavy atom. The molecule has 0 N–H and O–H groups in total. The van der Waals surface area contributed by atoms with Crippen LogP contribution < -0.4 is 0 Å². The van der Waals surface area contributed by atoms with Crippen molar-refractivity contribution in [1.29, 1.82) is 0 Å². The smallest absolute Gasteiger partial charge is 0.105 e. The van der Waals surface area contributed by atoms with Gasteiger partial charge in [-0.05, 0) is 33.3 Å². The number of aliphatic imine (C=N–C) groups is 1. The van der Waals surface area contributed by atoms with Crippen molar-refractivity contribution in [2.75, 3.05) is 0 Å². The summed E-state index contributed by atoms with van der Waals surface area (Å²) < 4.78 is 5.78. The average molecular weight is 181 g/mol. The number of hydrogen-bond donors (Lipinski definition) is 0. The first kappa shape index (κ1) is 10.3. The fourth-order valence-electron chi connectivity index (χ4n) is 1.65. The first-order chi connectivity index (χ1) is 6.03. The highest BCUT2D eigenvalue weighted by Crippen LogP contribution is 2.24. The molecule has 0 bridgehead atoms. The van der Waals surface area contributed by atoms with Gasteiger partial charge in [0.15, 0.2) is 0 Å². The van der Waals surface area contributed by atoms with Gasteiger partial charge < -0.3 is 4.74 Å². The minimum absolute atomic E-state index is 0.0843. The minimum Gasteiger partial charge on any atom is -0.492 e. The van der Waals surface area contributed by atoms with Gasteiger partial charge in [-0.25, -0.2) is 0 Å². The van der Waals surface area contributed by atoms with E-state index < -0.39 is 0 Å². The van der Waals surface area contributed by atoms with Crippen LogP contribution >= 0.6 is 0 Å². The second kappa shape index (κ2) is 3.95. The molecule has 1 rings (SSSR count). The zero-order chi connectivity index (χ0) is 9.90. The van der Waals surface area contributed by atoms with E-state index in [1.54, 1.807) is 0 Å². The third kappa shape index (κ3) is 3.21. The number of rotatable bonds is 1. The monoisotopic (exact) mass is 181 g/mol. The van der Waals surface area contributed by atoms with E-state index in [1.807, 2.05) is 19.2 Å². The summed E-state index contributed by atoms with van der Waals surface area (Å²) in [6.45, 7) is 8.37. The van der Waals surface area contributed by atoms with Crippen molar-refractivity contribution in [3.63, 3.8) is 0 Å². The molecule has 0 saturated heterocycles. The first-order valence-corrected chi connectivity index (χ1v) is 4.92. The molecule has 1 aliphatic heterocycles. The van der Waals surface area contributed by atoms with Crippen molar-refractivity contribution in [2.24, 2.45) is 4.99 Å². The zero-order valence-corrected chi connectivity index (χ0v) is 9.00. The third-order valence-electron chi connectivity index (χ3n) is 2.24. The standard InChI is InChI=1S/C11H19NO/c1-5-10-8-11(3,4)13-9(2)6-7-12-10/h6-7,10H,5,8H2,1-4H3/b9-6+,12-7-. The largest absolute Gasteiger partial charge is 0.492 e. The van der Waals surface area contributed by atoms with E-state index in [2.05, 4.69) is 25.8 Å². The van der Waals surface area contributed by atoms with Gasteiger partial charge in [0.2, 0.25) is 0 Å². The summed E-state index contributed by atoms with van der Waals surface area (Å²) in [5, 5.41) is 0. The van der Waals surface area contributed by atoms with Gasteiger partial charge in [0.05, 0.1) is 11.8 Å². The lowest BCUT2D eigenvalue weighted by atomic mass is 9.97. The summed E-state index contributed by atoms with van der Waals surface area (Å²) in [6, 6.07) is 0.402. The molecule has 1 heterocycles. The summed E-state index contributed by atoms with van der Waals surface area (Å²) in [6.07, 6.45) is 5.86. The van der Waals surface area contributed by atoms with E-state index in [4.69, 9.17) is 4.74 Å². The average Bonchev–Trinajstić information content (AvgIpc) is 1.98. The molecule has 1 atom stereocenters. The van der Waals surface area contributed by atoms with Gasteiger partial charge in [-0.15, -0.1) is 0 Å². The predicted molar refractivity (Wildman–Crippen MR) is 56.1 cm³/mol. The van der Waals surface area contributed by atoms with Crippen molar-refractivity contribution in [3.8, 4) is 0 Å². The van der Waals surface area contributed by atoms with Crippen LogP contribution in [0.4, 0.5) is 0 Å². The molecule has 2 nitrogen and oxygen atoms in total. The lowest BCUT2D eigenvalue weighted by Gasteiger charge is -2.30. The van der Waals surface area contributed by atoms with Crippen LogP contribution in [0.1, 0.15) is 40.5 Å². The normalized spacial score (nSPS) is 33.5. The zero-order valence-electron chi connectivity index (χ0n) is 9.00. The van der Waals surface area contributed by atoms with Crippen molar-refractivity contribution in [2.45, 2.75) is 52.2 Å². The van der Waals surface area contributed by atoms with Crippen molar-refractivity contribution >= 4 is 6.21 Å². The van der Waals surface area contributed by atoms with Gasteiger partial charge in [0.1, 0.15) is 5.60 Å². The van der Waals surface area contributed by atoms with Crippen molar-refractivity contribution in [3.05, 3.63) is 11.8 Å². The van der Waals surface area contributed by atoms with Crippen LogP contribution in [0.2, 0.25) is 0 Å². The Hall–Kier alpha value is -0.790. The molecule has 13 heavy (non-hydrogen) atoms. The SMILES string of the molecule is CCC1CC(C)(C)O/C(C)=C/C=N\1. The third-order valence-corrected chi connectivity index (χ3v) is 2.24. The Morgan fingerprint density at radius 2 is 2.31 bits per heavy atom. The highest BCUT2D eigenvalue weighted by molar-refractivity contribution is 5.71. The Balaban J connectivity index is 2.78. The van der Waals surface area contributed by atoms with Gasteiger partial charge >= 0.3 is 0 Å². The van der Waals surface area contributed by atoms with E-state index >= 15 is 0 Å². The maximum absolute atomic E-state index is 5.78. The van der Waals surface area contributed by atoms with E-state index in [0.717, 1.165) is 18.6 Å². The van der Waals surface area contributed by atoms with Crippen LogP contribution in [0.25, 0.3) is 0 Å². The Kier molecular flexibility index (Phi) is 3.12. The van der Waals surface area contributed by atoms with Crippen LogP contribution in [0.15, 0.2) is 16.8 Å². The lowest BCUT2D eigenvalue weighted by molar-refractivity contribution is 0.0221. The Bertz CT molecular complexity index is 228. The molecule has 0 aromatic rings. The summed E-state index contributed by atoms with van der Waals surface area (Å²) in [7, 11) is 0. The summed E-state index contributed by atoms with van der Waals surface area (Å²) in [5.74, 6) is 0.948. The Morgan fingerprint density at radius 3 is 2.92 bits per heavy atom. The minimum atomic E-state index is -0.0843. The second-order valence-corrected chi connectivity index (χ2v) is 4.20. The quantitative estimate of drug-likeness (QED) is 0.609. The van der Waals surface area contributed by atoms with E-state index in [0.29, 0.717) is 6.04 Å². The summed E-state index contributed by atoms with van der Waals surface area (Å²) in [5.41, 5.74) is -0.0843. The summed E-state index contributed by atoms with van der Waals surface area (Å²) in [4.78, 5) is 4.47. The molecule has 0 amide bonds. The fourth-order valence-corrected chi connectivity index (χ4v) is 1.65. The molecule has 0 saturated carbocycles. The molecular weight excluding hydrogens is 162 g/mol. The molecule has 0 spiro atoms. The van der Waals surface area contributed by atoms with Crippen molar-refractivity contribution < 1.29 is 4.74 Å². The molecule has 2 heteroatoms. The van der Waals surface area contributed by atoms with Gasteiger partial charge in [0.25, 0.3) is 0 Å². The van der Waals surface area contributed by atoms with Gasteiger partial charge in [-0.1, -0.05) is 6.92 Å². The van der Waals surface area contributed by atoms with E-state index in [1.165, 1.54) is 0 Å². The van der Waals surface area contributed by atoms with Crippen LogP contribution in [-0.2, 0) is 4.74 Å². The second-order valence-electron chi connectivity index (χ2n) is 4.20. The molecular formula is C11H19NO. The van der Waals surface area contributed by atoms with Crippen LogP contribution in [-0.4, -0.2) is 17.9 Å². The Labute approximate surface area is 80.7 Å². The number of ether oxygens (including phenoxy) is 1. The highest BCUT2D eigenvalue weighted by atomic mass is 16.5. The molecule has 74 valence electrons. The molecule has 1 unspecified atom stereocenters. The molecule has 0 aromatic heterocycles. The number of allylic oxidation sites excluding steroid dienone is 2. The summed E-state index contributed by atoms with van der Waals surface area (Å²) >= 11 is 0. The molecule has 0 fully saturated rings. The fraction of sp³-hybridized carbons (Fsp3) is 0.727. The maximum atomic E-state index is 5.78. The number of nitrogens with zero attached hydrogens (tertiary/aromatic N) is 1. The number of hydrogen-bond acceptors (Lipinski definition) is 2. The van der Waals surface area contributed by atoms with Gasteiger partial charge in [-0.2, -0.15) is 0 Å². The molecule has 0 aromatic carbocycles. The van der Waals surface area contributed by atoms with Gasteiger partial charge in [-0.3, -0.25) is 4.99 Å². The highest BCUT2D eigenvalue weighted by Gasteiger charge is 2.24. The topological polar surface area (TPSA) is 21.6 Å². The van der Waals surface area contributed by atoms with E-state index in [9.17, 15) is 0 Å². The van der Waals surface area contributed by atoms with Crippen LogP contribution in [0, 0.1) is 0 Å². The molecule has 0 aliphatic carbocycles. The lowest BCUT2D eigenvalue weighted by Crippen LogP contribution is -2.29. The van der Waals surface area contributed by atoms with Crippen LogP contribution in [0.5, 0.6) is 0 Å². The van der Waals surface area contributed by atoms with Crippen LogP contribution in [0.3, 0.4) is 0 Å². The maximum Gasteiger partial charge on any atom is 0.105 e. The molecule has 1 aliphatic rings. The predicted octanol–water partition coefficient (Wildman–Crippen LogP) is 2.94. The van der Waals surface area contributed by atoms with Gasteiger partial charge in [0, 0.05) is 12.6 Å². The van der Waals surface area contributed by atoms with E-state index in [-0.39, 0.29) is 5.60 Å².